The molecule has 0 bridgehead atoms. The van der Waals surface area contributed by atoms with Crippen LogP contribution >= 0.6 is 0 Å². The Labute approximate surface area is 183 Å². The fourth-order valence-electron chi connectivity index (χ4n) is 3.92. The summed E-state index contributed by atoms with van der Waals surface area (Å²) >= 11 is 0. The molecule has 1 aliphatic heterocycles. The van der Waals surface area contributed by atoms with Gasteiger partial charge in [-0.25, -0.2) is 15.0 Å². The van der Waals surface area contributed by atoms with Crippen LogP contribution in [0.2, 0.25) is 0 Å². The highest BCUT2D eigenvalue weighted by Gasteiger charge is 2.47. The van der Waals surface area contributed by atoms with Crippen LogP contribution in [0.3, 0.4) is 0 Å². The second-order valence-electron chi connectivity index (χ2n) is 7.89. The summed E-state index contributed by atoms with van der Waals surface area (Å²) in [6.45, 7) is 3.73. The van der Waals surface area contributed by atoms with Gasteiger partial charge in [-0.15, -0.1) is 0 Å². The minimum Gasteiger partial charge on any atom is -0.387 e. The lowest BCUT2D eigenvalue weighted by Gasteiger charge is -2.17. The van der Waals surface area contributed by atoms with Gasteiger partial charge in [0.2, 0.25) is 0 Å². The van der Waals surface area contributed by atoms with Gasteiger partial charge in [0.15, 0.2) is 35.1 Å². The Morgan fingerprint density at radius 1 is 1.12 bits per heavy atom. The van der Waals surface area contributed by atoms with E-state index in [2.05, 4.69) is 49.5 Å². The molecule has 4 heterocycles. The van der Waals surface area contributed by atoms with E-state index in [0.717, 1.165) is 6.42 Å². The van der Waals surface area contributed by atoms with Crippen LogP contribution < -0.4 is 5.32 Å². The van der Waals surface area contributed by atoms with Crippen molar-refractivity contribution in [3.8, 4) is 0 Å². The summed E-state index contributed by atoms with van der Waals surface area (Å²) in [6.07, 6.45) is -0.635. The first kappa shape index (κ1) is 20.5. The topological polar surface area (TPSA) is 144 Å². The zero-order valence-corrected chi connectivity index (χ0v) is 17.5. The Kier molecular flexibility index (Phi) is 5.29. The van der Waals surface area contributed by atoms with Gasteiger partial charge in [-0.2, -0.15) is 4.98 Å². The SMILES string of the molecule is Cc1noc([C@H]2O[C@@H](n3cnc4c(N[C@H](C)Cc5ccccc5)ncnc43)[C@H](O)[C@@H]2O)n1. The number of nitrogens with one attached hydrogen (secondary N) is 1. The highest BCUT2D eigenvalue weighted by molar-refractivity contribution is 5.82. The summed E-state index contributed by atoms with van der Waals surface area (Å²) in [6, 6.07) is 10.3. The average Bonchev–Trinajstić information content (AvgIpc) is 3.48. The van der Waals surface area contributed by atoms with Gasteiger partial charge in [0.05, 0.1) is 6.33 Å². The van der Waals surface area contributed by atoms with E-state index in [9.17, 15) is 10.2 Å². The number of rotatable bonds is 6. The molecule has 11 heteroatoms. The van der Waals surface area contributed by atoms with Crippen LogP contribution in [0.5, 0.6) is 0 Å². The molecule has 1 aromatic carbocycles. The zero-order valence-electron chi connectivity index (χ0n) is 17.5. The summed E-state index contributed by atoms with van der Waals surface area (Å²) < 4.78 is 12.6. The van der Waals surface area contributed by atoms with Crippen molar-refractivity contribution in [2.24, 2.45) is 0 Å². The molecular weight excluding hydrogens is 414 g/mol. The van der Waals surface area contributed by atoms with Crippen molar-refractivity contribution in [2.45, 2.75) is 50.8 Å². The fourth-order valence-corrected chi connectivity index (χ4v) is 3.92. The molecule has 1 saturated heterocycles. The first-order chi connectivity index (χ1) is 15.5. The van der Waals surface area contributed by atoms with Crippen molar-refractivity contribution < 1.29 is 19.5 Å². The van der Waals surface area contributed by atoms with Gasteiger partial charge in [-0.1, -0.05) is 35.5 Å². The third-order valence-corrected chi connectivity index (χ3v) is 5.43. The lowest BCUT2D eigenvalue weighted by molar-refractivity contribution is -0.0451. The number of aromatic nitrogens is 6. The molecular formula is C21H23N7O4. The number of benzene rings is 1. The minimum atomic E-state index is -1.25. The van der Waals surface area contributed by atoms with Crippen molar-refractivity contribution in [1.82, 2.24) is 29.7 Å². The third kappa shape index (κ3) is 3.70. The Morgan fingerprint density at radius 3 is 2.69 bits per heavy atom. The fraction of sp³-hybridized carbons (Fsp3) is 0.381. The van der Waals surface area contributed by atoms with Gasteiger partial charge in [-0.3, -0.25) is 4.57 Å². The summed E-state index contributed by atoms with van der Waals surface area (Å²) in [5.41, 5.74) is 2.21. The molecule has 0 aliphatic carbocycles. The van der Waals surface area contributed by atoms with Gasteiger partial charge < -0.3 is 24.8 Å². The quantitative estimate of drug-likeness (QED) is 0.406. The maximum atomic E-state index is 10.6. The molecule has 32 heavy (non-hydrogen) atoms. The van der Waals surface area contributed by atoms with Crippen LogP contribution in [0.4, 0.5) is 5.82 Å². The Bertz CT molecular complexity index is 1210. The van der Waals surface area contributed by atoms with Gasteiger partial charge >= 0.3 is 0 Å². The average molecular weight is 437 g/mol. The normalized spacial score (nSPS) is 24.1. The predicted molar refractivity (Wildman–Crippen MR) is 112 cm³/mol. The van der Waals surface area contributed by atoms with Crippen LogP contribution in [0, 0.1) is 6.92 Å². The molecule has 5 rings (SSSR count). The molecule has 0 amide bonds. The maximum absolute atomic E-state index is 10.6. The number of aliphatic hydroxyl groups excluding tert-OH is 2. The standard InChI is InChI=1S/C21H23N7O4/c1-11(8-13-6-4-3-5-7-13)25-18-14-19(23-9-22-18)28(10-24-14)21-16(30)15(29)17(31-21)20-26-12(2)27-32-20/h3-7,9-11,15-17,21,29-30H,8H2,1-2H3,(H,22,23,25)/t11-,15+,16-,17+,21-/m1/s1. The Morgan fingerprint density at radius 2 is 1.94 bits per heavy atom. The monoisotopic (exact) mass is 437 g/mol. The van der Waals surface area contributed by atoms with E-state index >= 15 is 0 Å². The van der Waals surface area contributed by atoms with Gasteiger partial charge in [0, 0.05) is 6.04 Å². The smallest absolute Gasteiger partial charge is 0.258 e. The molecule has 0 unspecified atom stereocenters. The van der Waals surface area contributed by atoms with Crippen molar-refractivity contribution in [1.29, 1.82) is 0 Å². The van der Waals surface area contributed by atoms with Crippen LogP contribution in [0.15, 0.2) is 47.5 Å². The van der Waals surface area contributed by atoms with E-state index in [1.165, 1.54) is 18.2 Å². The minimum absolute atomic E-state index is 0.0981. The Balaban J connectivity index is 1.39. The van der Waals surface area contributed by atoms with Crippen LogP contribution in [0.1, 0.15) is 36.5 Å². The van der Waals surface area contributed by atoms with Crippen molar-refractivity contribution in [2.75, 3.05) is 5.32 Å². The molecule has 11 nitrogen and oxygen atoms in total. The number of hydrogen-bond acceptors (Lipinski definition) is 10. The van der Waals surface area contributed by atoms with E-state index in [1.54, 1.807) is 11.5 Å². The molecule has 0 spiro atoms. The van der Waals surface area contributed by atoms with Crippen LogP contribution in [-0.4, -0.2) is 58.1 Å². The maximum Gasteiger partial charge on any atom is 0.258 e. The number of hydrogen-bond donors (Lipinski definition) is 3. The van der Waals surface area contributed by atoms with E-state index in [1.807, 2.05) is 18.2 Å². The largest absolute Gasteiger partial charge is 0.387 e. The molecule has 1 aliphatic rings. The number of ether oxygens (including phenoxy) is 1. The lowest BCUT2D eigenvalue weighted by atomic mass is 10.1. The Hall–Kier alpha value is -3.41. The van der Waals surface area contributed by atoms with E-state index < -0.39 is 24.5 Å². The summed E-state index contributed by atoms with van der Waals surface area (Å²) in [7, 11) is 0. The molecule has 3 N–H and O–H groups in total. The molecule has 166 valence electrons. The van der Waals surface area contributed by atoms with Crippen molar-refractivity contribution >= 4 is 17.0 Å². The predicted octanol–water partition coefficient (Wildman–Crippen LogP) is 1.55. The molecule has 5 atom stereocenters. The number of fused-ring (bicyclic) bond motifs is 1. The number of nitrogens with zero attached hydrogens (tertiary/aromatic N) is 6. The van der Waals surface area contributed by atoms with Crippen molar-refractivity contribution in [3.05, 3.63) is 60.3 Å². The number of imidazole rings is 1. The number of aryl methyl sites for hydroxylation is 1. The van der Waals surface area contributed by atoms with Gasteiger partial charge in [-0.05, 0) is 25.8 Å². The third-order valence-electron chi connectivity index (χ3n) is 5.43. The highest BCUT2D eigenvalue weighted by atomic mass is 16.6. The number of anilines is 1. The summed E-state index contributed by atoms with van der Waals surface area (Å²) in [5, 5.41) is 28.2. The second kappa shape index (κ2) is 8.26. The summed E-state index contributed by atoms with van der Waals surface area (Å²) in [4.78, 5) is 17.2. The van der Waals surface area contributed by atoms with Gasteiger partial charge in [0.1, 0.15) is 18.5 Å². The first-order valence-corrected chi connectivity index (χ1v) is 10.3. The molecule has 0 saturated carbocycles. The molecule has 0 radical (unpaired) electrons. The zero-order chi connectivity index (χ0) is 22.2. The number of aliphatic hydroxyl groups is 2. The highest BCUT2D eigenvalue weighted by Crippen LogP contribution is 2.39. The summed E-state index contributed by atoms with van der Waals surface area (Å²) in [5.74, 6) is 1.09. The molecule has 1 fully saturated rings. The second-order valence-corrected chi connectivity index (χ2v) is 7.89. The van der Waals surface area contributed by atoms with Crippen LogP contribution in [-0.2, 0) is 11.2 Å². The lowest BCUT2D eigenvalue weighted by Crippen LogP contribution is -2.29. The van der Waals surface area contributed by atoms with E-state index in [-0.39, 0.29) is 11.9 Å². The van der Waals surface area contributed by atoms with Crippen LogP contribution in [0.25, 0.3) is 11.2 Å². The van der Waals surface area contributed by atoms with E-state index in [0.29, 0.717) is 22.8 Å². The molecule has 4 aromatic rings. The molecule has 3 aromatic heterocycles. The first-order valence-electron chi connectivity index (χ1n) is 10.3. The van der Waals surface area contributed by atoms with E-state index in [4.69, 9.17) is 9.26 Å². The van der Waals surface area contributed by atoms with Crippen molar-refractivity contribution in [3.63, 3.8) is 0 Å². The van der Waals surface area contributed by atoms with Gasteiger partial charge in [0.25, 0.3) is 5.89 Å².